The molecule has 3 aromatic carbocycles. The number of hydrogen-bond donors (Lipinski definition) is 2. The number of hydrogen-bond acceptors (Lipinski definition) is 5. The molecule has 182 valence electrons. The van der Waals surface area contributed by atoms with Crippen molar-refractivity contribution in [3.8, 4) is 11.3 Å². The van der Waals surface area contributed by atoms with E-state index in [9.17, 15) is 23.1 Å². The molecule has 0 saturated carbocycles. The predicted molar refractivity (Wildman–Crippen MR) is 135 cm³/mol. The van der Waals surface area contributed by atoms with Crippen LogP contribution in [0.25, 0.3) is 11.3 Å². The third-order valence-corrected chi connectivity index (χ3v) is 7.93. The van der Waals surface area contributed by atoms with Gasteiger partial charge in [-0.15, -0.1) is 0 Å². The van der Waals surface area contributed by atoms with Crippen LogP contribution in [0.2, 0.25) is 5.02 Å². The molecule has 36 heavy (non-hydrogen) atoms. The van der Waals surface area contributed by atoms with Gasteiger partial charge in [0.15, 0.2) is 0 Å². The highest BCUT2D eigenvalue weighted by Gasteiger charge is 2.31. The molecule has 10 heteroatoms. The van der Waals surface area contributed by atoms with Crippen molar-refractivity contribution in [2.75, 3.05) is 16.2 Å². The normalized spacial score (nSPS) is 12.9. The number of rotatable bonds is 6. The average Bonchev–Trinajstić information content (AvgIpc) is 3.54. The van der Waals surface area contributed by atoms with Crippen LogP contribution in [0.5, 0.6) is 0 Å². The van der Waals surface area contributed by atoms with E-state index in [1.165, 1.54) is 47.0 Å². The van der Waals surface area contributed by atoms with Gasteiger partial charge < -0.3 is 14.8 Å². The van der Waals surface area contributed by atoms with E-state index in [0.717, 1.165) is 5.56 Å². The molecule has 5 rings (SSSR count). The summed E-state index contributed by atoms with van der Waals surface area (Å²) >= 11 is 6.04. The Labute approximate surface area is 211 Å². The molecule has 0 fully saturated rings. The Morgan fingerprint density at radius 1 is 1.00 bits per heavy atom. The van der Waals surface area contributed by atoms with Gasteiger partial charge in [-0.25, -0.2) is 13.2 Å². The highest BCUT2D eigenvalue weighted by molar-refractivity contribution is 7.92. The molecular weight excluding hydrogens is 504 g/mol. The summed E-state index contributed by atoms with van der Waals surface area (Å²) in [6.45, 7) is 0.262. The summed E-state index contributed by atoms with van der Waals surface area (Å²) in [5, 5.41) is 12.8. The van der Waals surface area contributed by atoms with Gasteiger partial charge in [0.1, 0.15) is 5.76 Å². The monoisotopic (exact) mass is 522 g/mol. The number of carbonyl (C=O) groups is 2. The van der Waals surface area contributed by atoms with E-state index in [1.807, 2.05) is 0 Å². The largest absolute Gasteiger partial charge is 0.478 e. The van der Waals surface area contributed by atoms with Crippen molar-refractivity contribution in [1.82, 2.24) is 0 Å². The Balaban J connectivity index is 1.42. The number of nitrogens with one attached hydrogen (secondary N) is 1. The zero-order valence-corrected chi connectivity index (χ0v) is 20.2. The number of furan rings is 1. The molecule has 0 unspecified atom stereocenters. The summed E-state index contributed by atoms with van der Waals surface area (Å²) in [5.41, 5.74) is 1.93. The highest BCUT2D eigenvalue weighted by atomic mass is 35.5. The second-order valence-electron chi connectivity index (χ2n) is 8.12. The lowest BCUT2D eigenvalue weighted by Gasteiger charge is -2.20. The van der Waals surface area contributed by atoms with Crippen molar-refractivity contribution in [2.45, 2.75) is 11.3 Å². The summed E-state index contributed by atoms with van der Waals surface area (Å²) in [6.07, 6.45) is 2.00. The maximum Gasteiger partial charge on any atom is 0.337 e. The molecule has 0 bridgehead atoms. The van der Waals surface area contributed by atoms with E-state index in [2.05, 4.69) is 5.32 Å². The van der Waals surface area contributed by atoms with Gasteiger partial charge in [-0.1, -0.05) is 17.7 Å². The van der Waals surface area contributed by atoms with E-state index in [4.69, 9.17) is 16.0 Å². The second-order valence-corrected chi connectivity index (χ2v) is 10.4. The van der Waals surface area contributed by atoms with E-state index in [0.29, 0.717) is 28.5 Å². The van der Waals surface area contributed by atoms with Crippen LogP contribution in [0.4, 0.5) is 11.4 Å². The minimum Gasteiger partial charge on any atom is -0.478 e. The minimum absolute atomic E-state index is 0.0513. The summed E-state index contributed by atoms with van der Waals surface area (Å²) in [7, 11) is -3.94. The smallest absolute Gasteiger partial charge is 0.337 e. The average molecular weight is 523 g/mol. The maximum atomic E-state index is 13.4. The SMILES string of the molecule is O=C(Nc1ccc(-c2ccco2)cc1C(=O)O)c1cccc(S(=O)(=O)N2CCc3cc(Cl)ccc32)c1. The summed E-state index contributed by atoms with van der Waals surface area (Å²) < 4.78 is 33.4. The van der Waals surface area contributed by atoms with Crippen LogP contribution >= 0.6 is 11.6 Å². The minimum atomic E-state index is -3.94. The highest BCUT2D eigenvalue weighted by Crippen LogP contribution is 2.35. The molecule has 2 heterocycles. The first-order valence-corrected chi connectivity index (χ1v) is 12.7. The molecular formula is C26H19ClN2O6S. The van der Waals surface area contributed by atoms with Crippen LogP contribution in [0.1, 0.15) is 26.3 Å². The first-order chi connectivity index (χ1) is 17.2. The van der Waals surface area contributed by atoms with E-state index in [1.54, 1.807) is 36.4 Å². The molecule has 0 radical (unpaired) electrons. The molecule has 0 spiro atoms. The molecule has 8 nitrogen and oxygen atoms in total. The van der Waals surface area contributed by atoms with E-state index >= 15 is 0 Å². The molecule has 0 saturated heterocycles. The van der Waals surface area contributed by atoms with Gasteiger partial charge in [-0.2, -0.15) is 0 Å². The fraction of sp³-hybridized carbons (Fsp3) is 0.0769. The molecule has 1 amide bonds. The van der Waals surface area contributed by atoms with Gasteiger partial charge >= 0.3 is 5.97 Å². The van der Waals surface area contributed by atoms with Gasteiger partial charge in [0.2, 0.25) is 0 Å². The third-order valence-electron chi connectivity index (χ3n) is 5.88. The lowest BCUT2D eigenvalue weighted by Crippen LogP contribution is -2.29. The zero-order chi connectivity index (χ0) is 25.4. The number of amides is 1. The number of aromatic carboxylic acids is 1. The molecule has 1 aromatic heterocycles. The fourth-order valence-corrected chi connectivity index (χ4v) is 5.88. The summed E-state index contributed by atoms with van der Waals surface area (Å²) in [6, 6.07) is 18.5. The van der Waals surface area contributed by atoms with Crippen LogP contribution in [0, 0.1) is 0 Å². The van der Waals surface area contributed by atoms with Gasteiger partial charge in [0.25, 0.3) is 15.9 Å². The van der Waals surface area contributed by atoms with Gasteiger partial charge in [0.05, 0.1) is 28.1 Å². The first-order valence-electron chi connectivity index (χ1n) is 10.9. The molecule has 1 aliphatic rings. The topological polar surface area (TPSA) is 117 Å². The Morgan fingerprint density at radius 3 is 2.58 bits per heavy atom. The number of carboxylic acids is 1. The molecule has 2 N–H and O–H groups in total. The standard InChI is InChI=1S/C26H19ClN2O6S/c27-19-7-9-23-16(13-19)10-11-29(23)36(33,34)20-4-1-3-18(14-20)25(30)28-22-8-6-17(15-21(22)26(31)32)24-5-2-12-35-24/h1-9,12-15H,10-11H2,(H,28,30)(H,31,32). The Hall–Kier alpha value is -4.08. The molecule has 1 aliphatic heterocycles. The number of sulfonamides is 1. The summed E-state index contributed by atoms with van der Waals surface area (Å²) in [4.78, 5) is 24.8. The molecule has 0 atom stereocenters. The predicted octanol–water partition coefficient (Wildman–Crippen LogP) is 5.30. The number of nitrogens with zero attached hydrogens (tertiary/aromatic N) is 1. The van der Waals surface area contributed by atoms with Crippen LogP contribution in [0.15, 0.2) is 88.4 Å². The van der Waals surface area contributed by atoms with Gasteiger partial charge in [0, 0.05) is 22.7 Å². The van der Waals surface area contributed by atoms with Crippen molar-refractivity contribution < 1.29 is 27.5 Å². The number of fused-ring (bicyclic) bond motifs is 1. The second kappa shape index (κ2) is 9.18. The van der Waals surface area contributed by atoms with Crippen molar-refractivity contribution in [3.05, 3.63) is 101 Å². The lowest BCUT2D eigenvalue weighted by atomic mass is 10.1. The maximum absolute atomic E-state index is 13.4. The van der Waals surface area contributed by atoms with Gasteiger partial charge in [-0.05, 0) is 78.7 Å². The Morgan fingerprint density at radius 2 is 1.83 bits per heavy atom. The molecule has 0 aliphatic carbocycles. The molecule has 4 aromatic rings. The number of benzene rings is 3. The van der Waals surface area contributed by atoms with Crippen LogP contribution in [0.3, 0.4) is 0 Å². The number of anilines is 2. The lowest BCUT2D eigenvalue weighted by molar-refractivity contribution is 0.0698. The third kappa shape index (κ3) is 4.34. The zero-order valence-electron chi connectivity index (χ0n) is 18.6. The van der Waals surface area contributed by atoms with Gasteiger partial charge in [-0.3, -0.25) is 9.10 Å². The quantitative estimate of drug-likeness (QED) is 0.355. The van der Waals surface area contributed by atoms with Crippen molar-refractivity contribution in [3.63, 3.8) is 0 Å². The Kier molecular flexibility index (Phi) is 6.03. The first kappa shape index (κ1) is 23.7. The Bertz CT molecular complexity index is 1600. The van der Waals surface area contributed by atoms with Crippen LogP contribution in [-0.2, 0) is 16.4 Å². The van der Waals surface area contributed by atoms with Crippen molar-refractivity contribution in [1.29, 1.82) is 0 Å². The van der Waals surface area contributed by atoms with Crippen molar-refractivity contribution >= 4 is 44.9 Å². The van der Waals surface area contributed by atoms with Crippen molar-refractivity contribution in [2.24, 2.45) is 0 Å². The van der Waals surface area contributed by atoms with E-state index in [-0.39, 0.29) is 28.3 Å². The van der Waals surface area contributed by atoms with Crippen LogP contribution in [-0.4, -0.2) is 31.9 Å². The number of halogens is 1. The summed E-state index contributed by atoms with van der Waals surface area (Å²) in [5.74, 6) is -1.39. The fourth-order valence-electron chi connectivity index (χ4n) is 4.14. The van der Waals surface area contributed by atoms with Crippen LogP contribution < -0.4 is 9.62 Å². The van der Waals surface area contributed by atoms with E-state index < -0.39 is 21.9 Å². The number of carbonyl (C=O) groups excluding carboxylic acids is 1. The number of carboxylic acid groups (broad SMARTS) is 1.